The Morgan fingerprint density at radius 2 is 1.33 bits per heavy atom. The molecule has 0 fully saturated rings. The Balaban J connectivity index is 3.35. The summed E-state index contributed by atoms with van der Waals surface area (Å²) in [5, 5.41) is 1.17. The zero-order valence-electron chi connectivity index (χ0n) is 9.59. The van der Waals surface area contributed by atoms with E-state index in [4.69, 9.17) is 22.5 Å². The molecule has 0 saturated heterocycles. The maximum atomic E-state index is 6.13. The van der Waals surface area contributed by atoms with E-state index in [0.717, 1.165) is 0 Å². The van der Waals surface area contributed by atoms with Gasteiger partial charge in [0.1, 0.15) is 6.63 Å². The molecule has 0 aromatic heterocycles. The van der Waals surface area contributed by atoms with Crippen molar-refractivity contribution in [3.8, 4) is 0 Å². The van der Waals surface area contributed by atoms with Crippen molar-refractivity contribution in [3.05, 3.63) is 29.3 Å². The third-order valence-corrected chi connectivity index (χ3v) is 4.38. The van der Waals surface area contributed by atoms with Crippen LogP contribution in [0.3, 0.4) is 0 Å². The van der Waals surface area contributed by atoms with E-state index < -0.39 is 6.63 Å². The highest BCUT2D eigenvalue weighted by Crippen LogP contribution is 2.49. The van der Waals surface area contributed by atoms with Gasteiger partial charge in [-0.1, -0.05) is 68.4 Å². The van der Waals surface area contributed by atoms with Gasteiger partial charge in [-0.3, -0.25) is 0 Å². The van der Waals surface area contributed by atoms with Gasteiger partial charge in [-0.2, -0.15) is 0 Å². The minimum absolute atomic E-state index is 0.473. The minimum atomic E-state index is -1.06. The van der Waals surface area contributed by atoms with E-state index >= 15 is 0 Å². The summed E-state index contributed by atoms with van der Waals surface area (Å²) in [7, 11) is 0. The Morgan fingerprint density at radius 3 is 1.60 bits per heavy atom. The van der Waals surface area contributed by atoms with Gasteiger partial charge in [0.15, 0.2) is 0 Å². The number of benzene rings is 1. The van der Waals surface area contributed by atoms with Crippen molar-refractivity contribution in [1.29, 1.82) is 0 Å². The van der Waals surface area contributed by atoms with Gasteiger partial charge in [-0.15, -0.1) is 0 Å². The molecule has 84 valence electrons. The predicted molar refractivity (Wildman–Crippen MR) is 72.9 cm³/mol. The fourth-order valence-electron chi connectivity index (χ4n) is 1.71. The Kier molecular flexibility index (Phi) is 4.90. The molecule has 0 spiro atoms. The zero-order chi connectivity index (χ0) is 11.6. The average molecular weight is 263 g/mol. The van der Waals surface area contributed by atoms with Crippen molar-refractivity contribution in [2.45, 2.75) is 39.5 Å². The standard InChI is InChI=1S/C12H17Cl2P/c1-8(2)10-6-5-7-11(9(3)4)12(10)15(13)14/h5-9H,1-4H3. The van der Waals surface area contributed by atoms with Crippen LogP contribution in [0.4, 0.5) is 0 Å². The monoisotopic (exact) mass is 262 g/mol. The molecule has 0 aliphatic carbocycles. The topological polar surface area (TPSA) is 0 Å². The molecule has 0 amide bonds. The second-order valence-corrected chi connectivity index (χ2v) is 7.79. The summed E-state index contributed by atoms with van der Waals surface area (Å²) >= 11 is 12.3. The van der Waals surface area contributed by atoms with E-state index in [-0.39, 0.29) is 0 Å². The fourth-order valence-corrected chi connectivity index (χ4v) is 3.93. The average Bonchev–Trinajstić information content (AvgIpc) is 2.16. The molecule has 0 heterocycles. The van der Waals surface area contributed by atoms with E-state index in [1.165, 1.54) is 16.4 Å². The van der Waals surface area contributed by atoms with E-state index in [9.17, 15) is 0 Å². The molecular formula is C12H17Cl2P. The first-order valence-corrected chi connectivity index (χ1v) is 8.34. The minimum Gasteiger partial charge on any atom is -0.0727 e. The first-order valence-electron chi connectivity index (χ1n) is 5.19. The SMILES string of the molecule is CC(C)c1cccc(C(C)C)c1P(Cl)Cl. The number of rotatable bonds is 3. The molecular weight excluding hydrogens is 246 g/mol. The van der Waals surface area contributed by atoms with E-state index in [0.29, 0.717) is 11.8 Å². The second-order valence-electron chi connectivity index (χ2n) is 4.33. The summed E-state index contributed by atoms with van der Waals surface area (Å²) in [6.07, 6.45) is 0. The van der Waals surface area contributed by atoms with Gasteiger partial charge in [0.25, 0.3) is 0 Å². The van der Waals surface area contributed by atoms with Gasteiger partial charge in [0, 0.05) is 5.30 Å². The summed E-state index contributed by atoms with van der Waals surface area (Å²) < 4.78 is 0. The first kappa shape index (κ1) is 13.3. The molecule has 0 aliphatic heterocycles. The molecule has 1 rings (SSSR count). The lowest BCUT2D eigenvalue weighted by molar-refractivity contribution is 0.846. The van der Waals surface area contributed by atoms with Gasteiger partial charge in [0.05, 0.1) is 0 Å². The molecule has 0 radical (unpaired) electrons. The van der Waals surface area contributed by atoms with Crippen LogP contribution < -0.4 is 5.30 Å². The van der Waals surface area contributed by atoms with Gasteiger partial charge in [-0.05, 0) is 23.0 Å². The first-order chi connectivity index (χ1) is 6.95. The maximum Gasteiger partial charge on any atom is 0.117 e. The molecule has 1 aromatic rings. The number of hydrogen-bond acceptors (Lipinski definition) is 0. The maximum absolute atomic E-state index is 6.13. The highest BCUT2D eigenvalue weighted by molar-refractivity contribution is 8.09. The molecule has 0 bridgehead atoms. The molecule has 0 N–H and O–H groups in total. The van der Waals surface area contributed by atoms with E-state index in [1.807, 2.05) is 0 Å². The van der Waals surface area contributed by atoms with Gasteiger partial charge < -0.3 is 0 Å². The normalized spacial score (nSPS) is 11.8. The molecule has 0 unspecified atom stereocenters. The van der Waals surface area contributed by atoms with Crippen molar-refractivity contribution >= 4 is 34.4 Å². The van der Waals surface area contributed by atoms with Crippen LogP contribution in [0.1, 0.15) is 50.7 Å². The fraction of sp³-hybridized carbons (Fsp3) is 0.500. The van der Waals surface area contributed by atoms with Crippen molar-refractivity contribution in [2.75, 3.05) is 0 Å². The Hall–Kier alpha value is 0.230. The number of halogens is 2. The highest BCUT2D eigenvalue weighted by Gasteiger charge is 2.18. The summed E-state index contributed by atoms with van der Waals surface area (Å²) in [5.74, 6) is 0.947. The predicted octanol–water partition coefficient (Wildman–Crippen LogP) is 5.35. The molecule has 3 heteroatoms. The van der Waals surface area contributed by atoms with Crippen molar-refractivity contribution in [2.24, 2.45) is 0 Å². The summed E-state index contributed by atoms with van der Waals surface area (Å²) in [6.45, 7) is 7.65. The van der Waals surface area contributed by atoms with Gasteiger partial charge >= 0.3 is 0 Å². The quantitative estimate of drug-likeness (QED) is 0.645. The van der Waals surface area contributed by atoms with Crippen molar-refractivity contribution in [3.63, 3.8) is 0 Å². The lowest BCUT2D eigenvalue weighted by atomic mass is 9.95. The van der Waals surface area contributed by atoms with Crippen LogP contribution in [0.5, 0.6) is 0 Å². The Bertz CT molecular complexity index is 306. The Morgan fingerprint density at radius 1 is 0.933 bits per heavy atom. The van der Waals surface area contributed by atoms with E-state index in [1.54, 1.807) is 0 Å². The van der Waals surface area contributed by atoms with Crippen LogP contribution in [0.25, 0.3) is 0 Å². The molecule has 0 aliphatic rings. The Labute approximate surface area is 103 Å². The van der Waals surface area contributed by atoms with E-state index in [2.05, 4.69) is 45.9 Å². The van der Waals surface area contributed by atoms with Crippen LogP contribution in [0.15, 0.2) is 18.2 Å². The van der Waals surface area contributed by atoms with Crippen LogP contribution in [-0.4, -0.2) is 0 Å². The summed E-state index contributed by atoms with van der Waals surface area (Å²) in [6, 6.07) is 6.36. The van der Waals surface area contributed by atoms with Crippen LogP contribution >= 0.6 is 29.1 Å². The zero-order valence-corrected chi connectivity index (χ0v) is 12.0. The van der Waals surface area contributed by atoms with Crippen molar-refractivity contribution in [1.82, 2.24) is 0 Å². The molecule has 0 nitrogen and oxygen atoms in total. The summed E-state index contributed by atoms with van der Waals surface area (Å²) in [4.78, 5) is 0. The largest absolute Gasteiger partial charge is 0.117 e. The van der Waals surface area contributed by atoms with Crippen molar-refractivity contribution < 1.29 is 0 Å². The van der Waals surface area contributed by atoms with Crippen LogP contribution in [-0.2, 0) is 0 Å². The second kappa shape index (κ2) is 5.53. The third-order valence-electron chi connectivity index (χ3n) is 2.51. The third kappa shape index (κ3) is 3.09. The smallest absolute Gasteiger partial charge is 0.0727 e. The van der Waals surface area contributed by atoms with Crippen LogP contribution in [0, 0.1) is 0 Å². The highest BCUT2D eigenvalue weighted by atomic mass is 35.9. The lowest BCUT2D eigenvalue weighted by Gasteiger charge is -2.19. The van der Waals surface area contributed by atoms with Crippen LogP contribution in [0.2, 0.25) is 0 Å². The summed E-state index contributed by atoms with van der Waals surface area (Å²) in [5.41, 5.74) is 2.58. The van der Waals surface area contributed by atoms with Gasteiger partial charge in [-0.25, -0.2) is 0 Å². The van der Waals surface area contributed by atoms with Gasteiger partial charge in [0.2, 0.25) is 0 Å². The lowest BCUT2D eigenvalue weighted by Crippen LogP contribution is -2.13. The molecule has 15 heavy (non-hydrogen) atoms. The molecule has 0 atom stereocenters. The molecule has 0 saturated carbocycles. The number of hydrogen-bond donors (Lipinski definition) is 0. The molecule has 1 aromatic carbocycles.